The van der Waals surface area contributed by atoms with Gasteiger partial charge in [-0.3, -0.25) is 4.79 Å². The number of amides is 1. The molecule has 3 N–H and O–H groups in total. The summed E-state index contributed by atoms with van der Waals surface area (Å²) < 4.78 is 5.72. The highest BCUT2D eigenvalue weighted by molar-refractivity contribution is 9.11. The summed E-state index contributed by atoms with van der Waals surface area (Å²) >= 11 is 6.17. The number of phenols is 2. The van der Waals surface area contributed by atoms with E-state index in [1.54, 1.807) is 24.3 Å². The van der Waals surface area contributed by atoms with Crippen LogP contribution in [0.3, 0.4) is 0 Å². The smallest absolute Gasteiger partial charge is 0.277 e. The van der Waals surface area contributed by atoms with Gasteiger partial charge in [-0.25, -0.2) is 5.43 Å². The number of hydrazone groups is 1. The van der Waals surface area contributed by atoms with Gasteiger partial charge in [0.05, 0.1) is 16.3 Å². The van der Waals surface area contributed by atoms with Gasteiger partial charge in [-0.05, 0) is 50.1 Å². The second-order valence-electron chi connectivity index (χ2n) is 4.65. The zero-order chi connectivity index (χ0) is 18.4. The van der Waals surface area contributed by atoms with Crippen LogP contribution in [0, 0.1) is 11.3 Å². The normalized spacial score (nSPS) is 10.4. The first-order chi connectivity index (χ1) is 11.9. The van der Waals surface area contributed by atoms with Gasteiger partial charge in [-0.15, -0.1) is 0 Å². The Kier molecular flexibility index (Phi) is 6.38. The van der Waals surface area contributed by atoms with Gasteiger partial charge in [0, 0.05) is 5.56 Å². The Morgan fingerprint density at radius 3 is 2.76 bits per heavy atom. The number of para-hydroxylation sites is 1. The van der Waals surface area contributed by atoms with Crippen molar-refractivity contribution in [3.8, 4) is 23.3 Å². The summed E-state index contributed by atoms with van der Waals surface area (Å²) in [6.45, 7) is -0.328. The fourth-order valence-electron chi connectivity index (χ4n) is 1.75. The minimum Gasteiger partial charge on any atom is -0.506 e. The van der Waals surface area contributed by atoms with Crippen LogP contribution in [0.2, 0.25) is 0 Å². The zero-order valence-electron chi connectivity index (χ0n) is 12.5. The molecular formula is C16H11Br2N3O4. The summed E-state index contributed by atoms with van der Waals surface area (Å²) in [4.78, 5) is 11.7. The highest BCUT2D eigenvalue weighted by Gasteiger charge is 2.13. The lowest BCUT2D eigenvalue weighted by atomic mass is 10.2. The predicted octanol–water partition coefficient (Wildman–Crippen LogP) is 3.02. The van der Waals surface area contributed by atoms with Gasteiger partial charge in [0.2, 0.25) is 0 Å². The van der Waals surface area contributed by atoms with Gasteiger partial charge in [-0.2, -0.15) is 10.4 Å². The SMILES string of the molecule is N#Cc1ccccc1OCC(=O)N/N=C\c1cc(Br)c(O)c(Br)c1O. The Balaban J connectivity index is 1.97. The summed E-state index contributed by atoms with van der Waals surface area (Å²) in [7, 11) is 0. The lowest BCUT2D eigenvalue weighted by Crippen LogP contribution is -2.24. The van der Waals surface area contributed by atoms with E-state index in [1.807, 2.05) is 6.07 Å². The molecule has 0 aromatic heterocycles. The Morgan fingerprint density at radius 2 is 2.04 bits per heavy atom. The molecule has 2 rings (SSSR count). The molecule has 0 radical (unpaired) electrons. The highest BCUT2D eigenvalue weighted by Crippen LogP contribution is 2.40. The minimum atomic E-state index is -0.541. The maximum absolute atomic E-state index is 11.7. The molecule has 0 aliphatic carbocycles. The molecular weight excluding hydrogens is 458 g/mol. The molecule has 0 aliphatic heterocycles. The number of rotatable bonds is 5. The second-order valence-corrected chi connectivity index (χ2v) is 6.30. The van der Waals surface area contributed by atoms with Crippen molar-refractivity contribution >= 4 is 44.0 Å². The quantitative estimate of drug-likeness (QED) is 0.460. The van der Waals surface area contributed by atoms with E-state index >= 15 is 0 Å². The first-order valence-corrected chi connectivity index (χ1v) is 8.36. The van der Waals surface area contributed by atoms with Crippen LogP contribution in [-0.2, 0) is 4.79 Å². The molecule has 0 spiro atoms. The average Bonchev–Trinajstić information content (AvgIpc) is 2.62. The monoisotopic (exact) mass is 467 g/mol. The molecule has 0 saturated heterocycles. The molecule has 0 unspecified atom stereocenters. The number of hydrogen-bond acceptors (Lipinski definition) is 6. The van der Waals surface area contributed by atoms with E-state index in [4.69, 9.17) is 10.00 Å². The lowest BCUT2D eigenvalue weighted by Gasteiger charge is -2.07. The number of nitrogens with zero attached hydrogens (tertiary/aromatic N) is 2. The van der Waals surface area contributed by atoms with Crippen LogP contribution in [-0.4, -0.2) is 28.9 Å². The van der Waals surface area contributed by atoms with Crippen LogP contribution in [0.5, 0.6) is 17.2 Å². The van der Waals surface area contributed by atoms with Gasteiger partial charge in [0.1, 0.15) is 27.8 Å². The largest absolute Gasteiger partial charge is 0.506 e. The third-order valence-electron chi connectivity index (χ3n) is 2.96. The van der Waals surface area contributed by atoms with E-state index in [0.717, 1.165) is 0 Å². The number of nitrogens with one attached hydrogen (secondary N) is 1. The van der Waals surface area contributed by atoms with E-state index in [0.29, 0.717) is 15.8 Å². The maximum atomic E-state index is 11.7. The first-order valence-electron chi connectivity index (χ1n) is 6.77. The Morgan fingerprint density at radius 1 is 1.32 bits per heavy atom. The molecule has 0 saturated carbocycles. The average molecular weight is 469 g/mol. The molecule has 0 fully saturated rings. The zero-order valence-corrected chi connectivity index (χ0v) is 15.7. The number of hydrogen-bond donors (Lipinski definition) is 3. The van der Waals surface area contributed by atoms with Crippen LogP contribution >= 0.6 is 31.9 Å². The van der Waals surface area contributed by atoms with Crippen molar-refractivity contribution < 1.29 is 19.7 Å². The number of aromatic hydroxyl groups is 2. The van der Waals surface area contributed by atoms with Crippen LogP contribution in [0.25, 0.3) is 0 Å². The van der Waals surface area contributed by atoms with E-state index in [1.165, 1.54) is 12.3 Å². The summed E-state index contributed by atoms with van der Waals surface area (Å²) in [5.41, 5.74) is 2.83. The standard InChI is InChI=1S/C16H11Br2N3O4/c17-11-5-10(15(23)14(18)16(11)24)7-20-21-13(22)8-25-12-4-2-1-3-9(12)6-19/h1-5,7,23-24H,8H2,(H,21,22)/b20-7-. The highest BCUT2D eigenvalue weighted by atomic mass is 79.9. The second kappa shape index (κ2) is 8.50. The van der Waals surface area contributed by atoms with Crippen molar-refractivity contribution in [2.24, 2.45) is 5.10 Å². The van der Waals surface area contributed by atoms with Gasteiger partial charge in [0.25, 0.3) is 5.91 Å². The van der Waals surface area contributed by atoms with E-state index in [9.17, 15) is 15.0 Å². The van der Waals surface area contributed by atoms with Crippen molar-refractivity contribution in [2.45, 2.75) is 0 Å². The van der Waals surface area contributed by atoms with Crippen molar-refractivity contribution in [3.63, 3.8) is 0 Å². The molecule has 2 aromatic rings. The summed E-state index contributed by atoms with van der Waals surface area (Å²) in [6.07, 6.45) is 1.21. The molecule has 1 amide bonds. The van der Waals surface area contributed by atoms with E-state index in [2.05, 4.69) is 42.4 Å². The molecule has 0 heterocycles. The van der Waals surface area contributed by atoms with Crippen molar-refractivity contribution in [1.29, 1.82) is 5.26 Å². The van der Waals surface area contributed by atoms with Gasteiger partial charge < -0.3 is 14.9 Å². The predicted molar refractivity (Wildman–Crippen MR) is 97.6 cm³/mol. The Bertz CT molecular complexity index is 878. The Labute approximate surface area is 159 Å². The molecule has 0 atom stereocenters. The topological polar surface area (TPSA) is 115 Å². The molecule has 128 valence electrons. The molecule has 7 nitrogen and oxygen atoms in total. The number of phenolic OH excluding ortho intramolecular Hbond substituents is 2. The minimum absolute atomic E-state index is 0.103. The number of benzene rings is 2. The van der Waals surface area contributed by atoms with Gasteiger partial charge in [0.15, 0.2) is 6.61 Å². The van der Waals surface area contributed by atoms with Gasteiger partial charge in [-0.1, -0.05) is 12.1 Å². The third-order valence-corrected chi connectivity index (χ3v) is 4.31. The molecule has 0 bridgehead atoms. The molecule has 25 heavy (non-hydrogen) atoms. The number of carbonyl (C=O) groups is 1. The third kappa shape index (κ3) is 4.71. The van der Waals surface area contributed by atoms with Crippen molar-refractivity contribution in [3.05, 3.63) is 50.4 Å². The van der Waals surface area contributed by atoms with Crippen LogP contribution in [0.15, 0.2) is 44.4 Å². The number of ether oxygens (including phenoxy) is 1. The van der Waals surface area contributed by atoms with E-state index < -0.39 is 5.91 Å². The Hall–Kier alpha value is -2.57. The lowest BCUT2D eigenvalue weighted by molar-refractivity contribution is -0.123. The number of carbonyl (C=O) groups excluding carboxylic acids is 1. The number of nitriles is 1. The molecule has 2 aromatic carbocycles. The maximum Gasteiger partial charge on any atom is 0.277 e. The molecule has 0 aliphatic rings. The van der Waals surface area contributed by atoms with Gasteiger partial charge >= 0.3 is 0 Å². The summed E-state index contributed by atoms with van der Waals surface area (Å²) in [6, 6.07) is 9.94. The van der Waals surface area contributed by atoms with E-state index in [-0.39, 0.29) is 28.1 Å². The molecule has 9 heteroatoms. The number of halogens is 2. The fourth-order valence-corrected chi connectivity index (χ4v) is 2.90. The van der Waals surface area contributed by atoms with Crippen molar-refractivity contribution in [1.82, 2.24) is 5.43 Å². The van der Waals surface area contributed by atoms with Crippen LogP contribution in [0.1, 0.15) is 11.1 Å². The van der Waals surface area contributed by atoms with Crippen LogP contribution in [0.4, 0.5) is 0 Å². The summed E-state index contributed by atoms with van der Waals surface area (Å²) in [5.74, 6) is -0.616. The van der Waals surface area contributed by atoms with Crippen LogP contribution < -0.4 is 10.2 Å². The first kappa shape index (κ1) is 18.8. The summed E-state index contributed by atoms with van der Waals surface area (Å²) in [5, 5.41) is 32.2. The van der Waals surface area contributed by atoms with Crippen molar-refractivity contribution in [2.75, 3.05) is 6.61 Å². The fraction of sp³-hybridized carbons (Fsp3) is 0.0625.